The number of hydrogen-bond donors (Lipinski definition) is 1. The molecular formula is C13H20N4. The molecule has 1 fully saturated rings. The lowest BCUT2D eigenvalue weighted by molar-refractivity contribution is 0.354. The van der Waals surface area contributed by atoms with Crippen LogP contribution >= 0.6 is 0 Å². The molecule has 0 aromatic carbocycles. The first kappa shape index (κ1) is 11.8. The van der Waals surface area contributed by atoms with Gasteiger partial charge >= 0.3 is 0 Å². The zero-order chi connectivity index (χ0) is 12.6. The number of hydrogen-bond acceptors (Lipinski definition) is 3. The number of nitrogens with two attached hydrogens (primary N) is 1. The second-order valence-electron chi connectivity index (χ2n) is 5.33. The molecule has 0 radical (unpaired) electrons. The Morgan fingerprint density at radius 3 is 2.41 bits per heavy atom. The molecule has 1 saturated heterocycles. The van der Waals surface area contributed by atoms with E-state index in [1.807, 2.05) is 11.6 Å². The lowest BCUT2D eigenvalue weighted by Crippen LogP contribution is -2.40. The Morgan fingerprint density at radius 2 is 1.94 bits per heavy atom. The van der Waals surface area contributed by atoms with E-state index < -0.39 is 0 Å². The van der Waals surface area contributed by atoms with E-state index in [9.17, 15) is 0 Å². The molecule has 1 aromatic heterocycles. The Hall–Kier alpha value is -1.63. The Bertz CT molecular complexity index is 445. The zero-order valence-corrected chi connectivity index (χ0v) is 10.8. The molecular weight excluding hydrogens is 212 g/mol. The second kappa shape index (κ2) is 4.33. The van der Waals surface area contributed by atoms with E-state index in [1.165, 1.54) is 6.42 Å². The van der Waals surface area contributed by atoms with E-state index in [2.05, 4.69) is 24.8 Å². The monoisotopic (exact) mass is 232 g/mol. The van der Waals surface area contributed by atoms with Crippen molar-refractivity contribution in [2.45, 2.75) is 20.3 Å². The van der Waals surface area contributed by atoms with Gasteiger partial charge in [-0.2, -0.15) is 5.26 Å². The Kier molecular flexibility index (Phi) is 3.01. The maximum Gasteiger partial charge on any atom is 0.133 e. The van der Waals surface area contributed by atoms with Gasteiger partial charge in [-0.15, -0.1) is 0 Å². The lowest BCUT2D eigenvalue weighted by atomic mass is 9.92. The average Bonchev–Trinajstić information content (AvgIpc) is 2.52. The molecule has 2 heterocycles. The van der Waals surface area contributed by atoms with E-state index in [4.69, 9.17) is 11.0 Å². The van der Waals surface area contributed by atoms with Crippen molar-refractivity contribution in [3.05, 3.63) is 11.8 Å². The van der Waals surface area contributed by atoms with Gasteiger partial charge in [0.15, 0.2) is 0 Å². The highest BCUT2D eigenvalue weighted by Gasteiger charge is 2.25. The van der Waals surface area contributed by atoms with Crippen LogP contribution in [0, 0.1) is 23.2 Å². The Morgan fingerprint density at radius 1 is 1.35 bits per heavy atom. The van der Waals surface area contributed by atoms with Gasteiger partial charge < -0.3 is 15.2 Å². The van der Waals surface area contributed by atoms with Crippen molar-refractivity contribution in [3.63, 3.8) is 0 Å². The van der Waals surface area contributed by atoms with Crippen LogP contribution in [0.4, 0.5) is 11.5 Å². The van der Waals surface area contributed by atoms with Crippen LogP contribution in [-0.4, -0.2) is 17.7 Å². The van der Waals surface area contributed by atoms with Crippen molar-refractivity contribution in [3.8, 4) is 6.07 Å². The van der Waals surface area contributed by atoms with E-state index >= 15 is 0 Å². The van der Waals surface area contributed by atoms with Crippen LogP contribution in [-0.2, 0) is 7.05 Å². The van der Waals surface area contributed by atoms with Crippen molar-refractivity contribution < 1.29 is 0 Å². The highest BCUT2D eigenvalue weighted by molar-refractivity contribution is 5.67. The first-order valence-corrected chi connectivity index (χ1v) is 6.13. The molecule has 1 aliphatic rings. The summed E-state index contributed by atoms with van der Waals surface area (Å²) in [7, 11) is 1.91. The summed E-state index contributed by atoms with van der Waals surface area (Å²) in [6, 6.07) is 3.94. The van der Waals surface area contributed by atoms with Crippen LogP contribution in [0.1, 0.15) is 26.0 Å². The van der Waals surface area contributed by atoms with Crippen molar-refractivity contribution in [1.29, 1.82) is 5.26 Å². The molecule has 1 aliphatic heterocycles. The third-order valence-electron chi connectivity index (χ3n) is 3.51. The van der Waals surface area contributed by atoms with Crippen LogP contribution in [0.15, 0.2) is 6.07 Å². The third kappa shape index (κ3) is 2.10. The minimum Gasteiger partial charge on any atom is -0.396 e. The van der Waals surface area contributed by atoms with E-state index in [-0.39, 0.29) is 0 Å². The summed E-state index contributed by atoms with van der Waals surface area (Å²) in [6.07, 6.45) is 1.27. The number of piperidine rings is 1. The van der Waals surface area contributed by atoms with Crippen molar-refractivity contribution in [1.82, 2.24) is 4.57 Å². The van der Waals surface area contributed by atoms with Gasteiger partial charge in [-0.3, -0.25) is 0 Å². The molecule has 2 rings (SSSR count). The van der Waals surface area contributed by atoms with E-state index in [1.54, 1.807) is 6.07 Å². The third-order valence-corrected chi connectivity index (χ3v) is 3.51. The summed E-state index contributed by atoms with van der Waals surface area (Å²) in [6.45, 7) is 6.59. The molecule has 0 aliphatic carbocycles. The fourth-order valence-electron chi connectivity index (χ4n) is 2.95. The molecule has 4 nitrogen and oxygen atoms in total. The van der Waals surface area contributed by atoms with Gasteiger partial charge in [0.1, 0.15) is 17.6 Å². The highest BCUT2D eigenvalue weighted by Crippen LogP contribution is 2.31. The minimum absolute atomic E-state index is 0.628. The fraction of sp³-hybridized carbons (Fsp3) is 0.615. The van der Waals surface area contributed by atoms with Crippen LogP contribution in [0.3, 0.4) is 0 Å². The highest BCUT2D eigenvalue weighted by atomic mass is 15.3. The summed E-state index contributed by atoms with van der Waals surface area (Å²) in [4.78, 5) is 2.31. The molecule has 0 amide bonds. The summed E-state index contributed by atoms with van der Waals surface area (Å²) >= 11 is 0. The van der Waals surface area contributed by atoms with Gasteiger partial charge in [0, 0.05) is 20.1 Å². The van der Waals surface area contributed by atoms with Crippen LogP contribution < -0.4 is 10.6 Å². The Labute approximate surface area is 103 Å². The second-order valence-corrected chi connectivity index (χ2v) is 5.33. The topological polar surface area (TPSA) is 58.0 Å². The van der Waals surface area contributed by atoms with Crippen LogP contribution in [0.2, 0.25) is 0 Å². The molecule has 0 bridgehead atoms. The molecule has 4 heteroatoms. The van der Waals surface area contributed by atoms with Crippen molar-refractivity contribution in [2.24, 2.45) is 18.9 Å². The van der Waals surface area contributed by atoms with Crippen molar-refractivity contribution >= 4 is 11.5 Å². The number of nitrogens with zero attached hydrogens (tertiary/aromatic N) is 3. The van der Waals surface area contributed by atoms with Crippen molar-refractivity contribution in [2.75, 3.05) is 23.7 Å². The summed E-state index contributed by atoms with van der Waals surface area (Å²) in [5.74, 6) is 2.36. The molecule has 0 spiro atoms. The number of nitrogen functional groups attached to an aromatic ring is 1. The first-order valence-electron chi connectivity index (χ1n) is 6.13. The predicted octanol–water partition coefficient (Wildman–Crippen LogP) is 1.96. The van der Waals surface area contributed by atoms with E-state index in [0.29, 0.717) is 23.2 Å². The number of rotatable bonds is 1. The van der Waals surface area contributed by atoms with Crippen LogP contribution in [0.25, 0.3) is 0 Å². The average molecular weight is 232 g/mol. The number of anilines is 2. The predicted molar refractivity (Wildman–Crippen MR) is 69.7 cm³/mol. The normalized spacial score (nSPS) is 24.7. The molecule has 0 unspecified atom stereocenters. The standard InChI is InChI=1S/C13H20N4/c1-9-4-10(2)8-17(7-9)13-12(15)5-11(6-14)16(13)3/h5,9-10H,4,7-8,15H2,1-3H3/t9-,10-/m1/s1. The molecule has 92 valence electrons. The smallest absolute Gasteiger partial charge is 0.133 e. The fourth-order valence-corrected chi connectivity index (χ4v) is 2.95. The molecule has 0 saturated carbocycles. The first-order chi connectivity index (χ1) is 8.02. The molecule has 2 atom stereocenters. The zero-order valence-electron chi connectivity index (χ0n) is 10.8. The van der Waals surface area contributed by atoms with Gasteiger partial charge in [-0.25, -0.2) is 0 Å². The maximum absolute atomic E-state index is 9.01. The summed E-state index contributed by atoms with van der Waals surface area (Å²) in [5, 5.41) is 9.01. The molecule has 2 N–H and O–H groups in total. The van der Waals surface area contributed by atoms with Gasteiger partial charge in [0.2, 0.25) is 0 Å². The number of nitriles is 1. The quantitative estimate of drug-likeness (QED) is 0.805. The number of aromatic nitrogens is 1. The maximum atomic E-state index is 9.01. The van der Waals surface area contributed by atoms with Gasteiger partial charge in [0.05, 0.1) is 5.69 Å². The Balaban J connectivity index is 2.34. The lowest BCUT2D eigenvalue weighted by Gasteiger charge is -2.37. The van der Waals surface area contributed by atoms with Gasteiger partial charge in [-0.05, 0) is 24.3 Å². The van der Waals surface area contributed by atoms with E-state index in [0.717, 1.165) is 18.9 Å². The van der Waals surface area contributed by atoms with Crippen LogP contribution in [0.5, 0.6) is 0 Å². The SMILES string of the molecule is C[C@@H]1C[C@@H](C)CN(c2c(N)cc(C#N)n2C)C1. The molecule has 1 aromatic rings. The van der Waals surface area contributed by atoms with Gasteiger partial charge in [-0.1, -0.05) is 13.8 Å². The molecule has 17 heavy (non-hydrogen) atoms. The summed E-state index contributed by atoms with van der Waals surface area (Å²) < 4.78 is 1.90. The minimum atomic E-state index is 0.628. The summed E-state index contributed by atoms with van der Waals surface area (Å²) in [5.41, 5.74) is 7.37. The van der Waals surface area contributed by atoms with Gasteiger partial charge in [0.25, 0.3) is 0 Å². The largest absolute Gasteiger partial charge is 0.396 e.